The van der Waals surface area contributed by atoms with Gasteiger partial charge in [-0.05, 0) is 29.5 Å². The first kappa shape index (κ1) is 18.3. The van der Waals surface area contributed by atoms with E-state index in [1.54, 1.807) is 16.2 Å². The summed E-state index contributed by atoms with van der Waals surface area (Å²) in [6, 6.07) is 19.7. The first-order chi connectivity index (χ1) is 14.2. The SMILES string of the molecule is O=C1N[C@@H](Cc2ccccc2)C(=O)N2C[C@@H](NCc3cc4ccccc4s3)C[C@@H]12. The molecule has 3 heterocycles. The number of piperazine rings is 1. The van der Waals surface area contributed by atoms with Crippen molar-refractivity contribution in [2.75, 3.05) is 6.54 Å². The summed E-state index contributed by atoms with van der Waals surface area (Å²) >= 11 is 1.79. The van der Waals surface area contributed by atoms with E-state index in [4.69, 9.17) is 0 Å². The molecule has 0 unspecified atom stereocenters. The van der Waals surface area contributed by atoms with Gasteiger partial charge in [0.2, 0.25) is 11.8 Å². The fourth-order valence-electron chi connectivity index (χ4n) is 4.36. The van der Waals surface area contributed by atoms with Crippen molar-refractivity contribution in [2.45, 2.75) is 37.5 Å². The van der Waals surface area contributed by atoms with Crippen LogP contribution in [-0.2, 0) is 22.6 Å². The van der Waals surface area contributed by atoms with Crippen molar-refractivity contribution in [1.82, 2.24) is 15.5 Å². The van der Waals surface area contributed by atoms with Gasteiger partial charge in [0.1, 0.15) is 12.1 Å². The minimum Gasteiger partial charge on any atom is -0.342 e. The number of thiophene rings is 1. The standard InChI is InChI=1S/C23H23N3O2S/c27-22-20-12-17(24-13-18-11-16-8-4-5-9-21(16)29-18)14-26(20)23(28)19(25-22)10-15-6-2-1-3-7-15/h1-9,11,17,19-20,24H,10,12-14H2,(H,25,27)/t17-,19-,20-/m0/s1. The summed E-state index contributed by atoms with van der Waals surface area (Å²) < 4.78 is 1.28. The molecule has 2 aromatic carbocycles. The molecule has 1 aromatic heterocycles. The quantitative estimate of drug-likeness (QED) is 0.686. The molecule has 6 heteroatoms. The topological polar surface area (TPSA) is 61.4 Å². The van der Waals surface area contributed by atoms with Gasteiger partial charge in [-0.15, -0.1) is 11.3 Å². The summed E-state index contributed by atoms with van der Waals surface area (Å²) in [5.74, 6) is 0.00121. The van der Waals surface area contributed by atoms with Crippen molar-refractivity contribution in [1.29, 1.82) is 0 Å². The van der Waals surface area contributed by atoms with Gasteiger partial charge in [-0.2, -0.15) is 0 Å². The lowest BCUT2D eigenvalue weighted by Crippen LogP contribution is -2.61. The third-order valence-electron chi connectivity index (χ3n) is 5.83. The smallest absolute Gasteiger partial charge is 0.246 e. The maximum Gasteiger partial charge on any atom is 0.246 e. The second-order valence-electron chi connectivity index (χ2n) is 7.82. The maximum atomic E-state index is 13.0. The summed E-state index contributed by atoms with van der Waals surface area (Å²) in [4.78, 5) is 28.7. The van der Waals surface area contributed by atoms with Crippen molar-refractivity contribution in [2.24, 2.45) is 0 Å². The van der Waals surface area contributed by atoms with Crippen LogP contribution in [0.2, 0.25) is 0 Å². The first-order valence-electron chi connectivity index (χ1n) is 10.0. The molecule has 3 atom stereocenters. The van der Waals surface area contributed by atoms with E-state index in [9.17, 15) is 9.59 Å². The predicted octanol–water partition coefficient (Wildman–Crippen LogP) is 2.70. The van der Waals surface area contributed by atoms with Crippen LogP contribution in [0.1, 0.15) is 16.9 Å². The highest BCUT2D eigenvalue weighted by Crippen LogP contribution is 2.27. The minimum atomic E-state index is -0.470. The third kappa shape index (κ3) is 3.66. The van der Waals surface area contributed by atoms with E-state index in [-0.39, 0.29) is 23.9 Å². The zero-order valence-corrected chi connectivity index (χ0v) is 16.8. The molecule has 2 fully saturated rings. The number of benzene rings is 2. The minimum absolute atomic E-state index is 0.0308. The van der Waals surface area contributed by atoms with Gasteiger partial charge in [0.15, 0.2) is 0 Å². The lowest BCUT2D eigenvalue weighted by Gasteiger charge is -2.34. The molecule has 0 radical (unpaired) electrons. The van der Waals surface area contributed by atoms with E-state index < -0.39 is 6.04 Å². The lowest BCUT2D eigenvalue weighted by molar-refractivity contribution is -0.147. The van der Waals surface area contributed by atoms with Gasteiger partial charge in [0.25, 0.3) is 0 Å². The van der Waals surface area contributed by atoms with Crippen molar-refractivity contribution < 1.29 is 9.59 Å². The Morgan fingerprint density at radius 2 is 1.86 bits per heavy atom. The molecule has 29 heavy (non-hydrogen) atoms. The molecule has 5 nitrogen and oxygen atoms in total. The van der Waals surface area contributed by atoms with Gasteiger partial charge < -0.3 is 15.5 Å². The number of carbonyl (C=O) groups is 2. The lowest BCUT2D eigenvalue weighted by atomic mass is 10.0. The summed E-state index contributed by atoms with van der Waals surface area (Å²) in [6.07, 6.45) is 1.20. The Morgan fingerprint density at radius 3 is 2.69 bits per heavy atom. The van der Waals surface area contributed by atoms with Crippen LogP contribution in [0.4, 0.5) is 0 Å². The van der Waals surface area contributed by atoms with Crippen LogP contribution in [0.15, 0.2) is 60.7 Å². The monoisotopic (exact) mass is 405 g/mol. The van der Waals surface area contributed by atoms with E-state index in [0.29, 0.717) is 19.4 Å². The fraction of sp³-hybridized carbons (Fsp3) is 0.304. The van der Waals surface area contributed by atoms with Crippen LogP contribution in [0.3, 0.4) is 0 Å². The van der Waals surface area contributed by atoms with E-state index in [1.165, 1.54) is 15.0 Å². The first-order valence-corrected chi connectivity index (χ1v) is 10.8. The summed E-state index contributed by atoms with van der Waals surface area (Å²) in [6.45, 7) is 1.35. The Morgan fingerprint density at radius 1 is 1.07 bits per heavy atom. The molecule has 0 saturated carbocycles. The number of nitrogens with one attached hydrogen (secondary N) is 2. The Balaban J connectivity index is 1.23. The van der Waals surface area contributed by atoms with Gasteiger partial charge in [0, 0.05) is 35.1 Å². The number of hydrogen-bond acceptors (Lipinski definition) is 4. The summed E-state index contributed by atoms with van der Waals surface area (Å²) in [5.41, 5.74) is 1.06. The van der Waals surface area contributed by atoms with Crippen molar-refractivity contribution in [3.63, 3.8) is 0 Å². The Labute approximate surface area is 173 Å². The summed E-state index contributed by atoms with van der Waals surface area (Å²) in [7, 11) is 0. The second kappa shape index (κ2) is 7.61. The molecular formula is C23H23N3O2S. The average molecular weight is 406 g/mol. The predicted molar refractivity (Wildman–Crippen MR) is 115 cm³/mol. The van der Waals surface area contributed by atoms with Crippen LogP contribution in [0, 0.1) is 0 Å². The van der Waals surface area contributed by atoms with Crippen molar-refractivity contribution in [3.8, 4) is 0 Å². The molecule has 3 aromatic rings. The van der Waals surface area contributed by atoms with E-state index in [1.807, 2.05) is 30.3 Å². The van der Waals surface area contributed by atoms with Gasteiger partial charge in [-0.3, -0.25) is 9.59 Å². The third-order valence-corrected chi connectivity index (χ3v) is 6.94. The van der Waals surface area contributed by atoms with Crippen LogP contribution in [0.5, 0.6) is 0 Å². The van der Waals surface area contributed by atoms with E-state index in [0.717, 1.165) is 12.1 Å². The largest absolute Gasteiger partial charge is 0.342 e. The molecule has 0 spiro atoms. The average Bonchev–Trinajstić information content (AvgIpc) is 3.35. The van der Waals surface area contributed by atoms with Gasteiger partial charge in [-0.1, -0.05) is 48.5 Å². The summed E-state index contributed by atoms with van der Waals surface area (Å²) in [5, 5.41) is 7.76. The van der Waals surface area contributed by atoms with E-state index in [2.05, 4.69) is 41.0 Å². The number of fused-ring (bicyclic) bond motifs is 2. The highest BCUT2D eigenvalue weighted by atomic mass is 32.1. The highest BCUT2D eigenvalue weighted by molar-refractivity contribution is 7.19. The Bertz CT molecular complexity index is 1020. The molecule has 148 valence electrons. The molecule has 2 saturated heterocycles. The molecule has 2 N–H and O–H groups in total. The molecule has 0 bridgehead atoms. The van der Waals surface area contributed by atoms with Gasteiger partial charge in [-0.25, -0.2) is 0 Å². The maximum absolute atomic E-state index is 13.0. The molecular weight excluding hydrogens is 382 g/mol. The molecule has 2 amide bonds. The van der Waals surface area contributed by atoms with Gasteiger partial charge >= 0.3 is 0 Å². The van der Waals surface area contributed by atoms with E-state index >= 15 is 0 Å². The van der Waals surface area contributed by atoms with Crippen LogP contribution in [0.25, 0.3) is 10.1 Å². The normalized spacial score (nSPS) is 24.0. The number of carbonyl (C=O) groups excluding carboxylic acids is 2. The molecule has 0 aliphatic carbocycles. The molecule has 2 aliphatic rings. The fourth-order valence-corrected chi connectivity index (χ4v) is 5.38. The zero-order valence-electron chi connectivity index (χ0n) is 16.0. The van der Waals surface area contributed by atoms with Crippen LogP contribution < -0.4 is 10.6 Å². The number of amides is 2. The Kier molecular flexibility index (Phi) is 4.81. The highest BCUT2D eigenvalue weighted by Gasteiger charge is 2.46. The Hall–Kier alpha value is -2.70. The van der Waals surface area contributed by atoms with Crippen LogP contribution in [-0.4, -0.2) is 41.4 Å². The number of hydrogen-bond donors (Lipinski definition) is 2. The zero-order chi connectivity index (χ0) is 19.8. The second-order valence-corrected chi connectivity index (χ2v) is 8.99. The van der Waals surface area contributed by atoms with Gasteiger partial charge in [0.05, 0.1) is 0 Å². The molecule has 2 aliphatic heterocycles. The van der Waals surface area contributed by atoms with Crippen molar-refractivity contribution >= 4 is 33.2 Å². The van der Waals surface area contributed by atoms with Crippen LogP contribution >= 0.6 is 11.3 Å². The number of rotatable bonds is 5. The number of nitrogens with zero attached hydrogens (tertiary/aromatic N) is 1. The molecule has 5 rings (SSSR count). The van der Waals surface area contributed by atoms with Crippen molar-refractivity contribution in [3.05, 3.63) is 71.1 Å².